The van der Waals surface area contributed by atoms with Gasteiger partial charge in [0.05, 0.1) is 4.92 Å². The topological polar surface area (TPSA) is 72.4 Å². The Balaban J connectivity index is 2.89. The second-order valence-electron chi connectivity index (χ2n) is 4.83. The van der Waals surface area contributed by atoms with Gasteiger partial charge in [0.25, 0.3) is 5.69 Å². The van der Waals surface area contributed by atoms with E-state index >= 15 is 0 Å². The molecule has 0 aliphatic rings. The van der Waals surface area contributed by atoms with Gasteiger partial charge >= 0.3 is 0 Å². The molecule has 100 valence electrons. The predicted octanol–water partition coefficient (Wildman–Crippen LogP) is 2.65. The fourth-order valence-corrected chi connectivity index (χ4v) is 1.96. The Morgan fingerprint density at radius 2 is 2.11 bits per heavy atom. The van der Waals surface area contributed by atoms with Crippen molar-refractivity contribution >= 4 is 11.4 Å². The van der Waals surface area contributed by atoms with Crippen LogP contribution in [0.3, 0.4) is 0 Å². The van der Waals surface area contributed by atoms with E-state index in [1.165, 1.54) is 6.07 Å². The number of nitrogen functional groups attached to an aromatic ring is 1. The van der Waals surface area contributed by atoms with Crippen molar-refractivity contribution in [2.24, 2.45) is 5.92 Å². The third kappa shape index (κ3) is 3.70. The summed E-state index contributed by atoms with van der Waals surface area (Å²) in [5, 5.41) is 10.8. The predicted molar refractivity (Wildman–Crippen MR) is 73.3 cm³/mol. The molecule has 1 aromatic rings. The summed E-state index contributed by atoms with van der Waals surface area (Å²) < 4.78 is 0. The van der Waals surface area contributed by atoms with Gasteiger partial charge in [0.2, 0.25) is 0 Å². The highest BCUT2D eigenvalue weighted by Crippen LogP contribution is 2.25. The second-order valence-corrected chi connectivity index (χ2v) is 4.83. The number of hydrogen-bond donors (Lipinski definition) is 1. The smallest absolute Gasteiger partial charge is 0.292 e. The quantitative estimate of drug-likeness (QED) is 0.479. The monoisotopic (exact) mass is 251 g/mol. The zero-order valence-electron chi connectivity index (χ0n) is 11.2. The van der Waals surface area contributed by atoms with Gasteiger partial charge in [0.15, 0.2) is 0 Å². The van der Waals surface area contributed by atoms with Crippen molar-refractivity contribution in [3.05, 3.63) is 33.9 Å². The molecule has 0 radical (unpaired) electrons. The van der Waals surface area contributed by atoms with Crippen LogP contribution in [0, 0.1) is 16.0 Å². The van der Waals surface area contributed by atoms with E-state index in [4.69, 9.17) is 5.73 Å². The van der Waals surface area contributed by atoms with Gasteiger partial charge in [-0.2, -0.15) is 0 Å². The average Bonchev–Trinajstić information content (AvgIpc) is 2.29. The van der Waals surface area contributed by atoms with Gasteiger partial charge in [0.1, 0.15) is 5.69 Å². The summed E-state index contributed by atoms with van der Waals surface area (Å²) in [7, 11) is 0. The average molecular weight is 251 g/mol. The van der Waals surface area contributed by atoms with Crippen LogP contribution in [0.15, 0.2) is 18.2 Å². The van der Waals surface area contributed by atoms with Gasteiger partial charge in [-0.05, 0) is 18.0 Å². The van der Waals surface area contributed by atoms with Gasteiger partial charge in [-0.15, -0.1) is 0 Å². The Morgan fingerprint density at radius 3 is 2.61 bits per heavy atom. The number of nitro groups is 1. The number of rotatable bonds is 6. The lowest BCUT2D eigenvalue weighted by Gasteiger charge is -2.23. The largest absolute Gasteiger partial charge is 0.393 e. The lowest BCUT2D eigenvalue weighted by Crippen LogP contribution is -2.27. The van der Waals surface area contributed by atoms with E-state index in [2.05, 4.69) is 25.7 Å². The fraction of sp³-hybridized carbons (Fsp3) is 0.538. The minimum absolute atomic E-state index is 0.00639. The van der Waals surface area contributed by atoms with Gasteiger partial charge < -0.3 is 5.73 Å². The summed E-state index contributed by atoms with van der Waals surface area (Å²) in [4.78, 5) is 12.6. The van der Waals surface area contributed by atoms with Crippen LogP contribution < -0.4 is 5.73 Å². The van der Waals surface area contributed by atoms with E-state index in [-0.39, 0.29) is 11.4 Å². The minimum Gasteiger partial charge on any atom is -0.393 e. The summed E-state index contributed by atoms with van der Waals surface area (Å²) in [6.45, 7) is 8.90. The van der Waals surface area contributed by atoms with E-state index in [1.807, 2.05) is 6.07 Å². The normalized spacial score (nSPS) is 11.2. The maximum absolute atomic E-state index is 10.8. The Hall–Kier alpha value is -1.62. The first-order valence-corrected chi connectivity index (χ1v) is 6.19. The van der Waals surface area contributed by atoms with Gasteiger partial charge in [-0.3, -0.25) is 15.0 Å². The van der Waals surface area contributed by atoms with Crippen molar-refractivity contribution in [3.8, 4) is 0 Å². The zero-order chi connectivity index (χ0) is 13.7. The molecule has 2 N–H and O–H groups in total. The molecule has 0 heterocycles. The van der Waals surface area contributed by atoms with Crippen LogP contribution in [-0.4, -0.2) is 22.9 Å². The van der Waals surface area contributed by atoms with Crippen molar-refractivity contribution in [2.75, 3.05) is 18.8 Å². The lowest BCUT2D eigenvalue weighted by atomic mass is 10.1. The molecule has 5 heteroatoms. The Morgan fingerprint density at radius 1 is 1.44 bits per heavy atom. The molecule has 1 rings (SSSR count). The first-order valence-electron chi connectivity index (χ1n) is 6.19. The number of hydrogen-bond acceptors (Lipinski definition) is 4. The van der Waals surface area contributed by atoms with Crippen LogP contribution in [-0.2, 0) is 6.54 Å². The molecule has 0 saturated carbocycles. The van der Waals surface area contributed by atoms with Crippen molar-refractivity contribution in [1.82, 2.24) is 4.90 Å². The molecule has 0 spiro atoms. The van der Waals surface area contributed by atoms with Gasteiger partial charge in [-0.1, -0.05) is 32.9 Å². The molecule has 0 atom stereocenters. The number of para-hydroxylation sites is 1. The second kappa shape index (κ2) is 6.35. The van der Waals surface area contributed by atoms with Crippen molar-refractivity contribution in [1.29, 1.82) is 0 Å². The number of nitro benzene ring substituents is 1. The maximum Gasteiger partial charge on any atom is 0.292 e. The number of benzene rings is 1. The first kappa shape index (κ1) is 14.4. The molecule has 0 saturated heterocycles. The summed E-state index contributed by atoms with van der Waals surface area (Å²) in [6.07, 6.45) is 0. The molecule has 1 aromatic carbocycles. The molecule has 0 aromatic heterocycles. The van der Waals surface area contributed by atoms with Crippen LogP contribution in [0.5, 0.6) is 0 Å². The molecule has 0 aliphatic carbocycles. The third-order valence-electron chi connectivity index (χ3n) is 2.83. The SMILES string of the molecule is CCN(Cc1cccc([N+](=O)[O-])c1N)CC(C)C. The first-order chi connectivity index (χ1) is 8.45. The molecule has 0 amide bonds. The maximum atomic E-state index is 10.8. The third-order valence-corrected chi connectivity index (χ3v) is 2.83. The lowest BCUT2D eigenvalue weighted by molar-refractivity contribution is -0.384. The molecule has 18 heavy (non-hydrogen) atoms. The van der Waals surface area contributed by atoms with Crippen LogP contribution in [0.25, 0.3) is 0 Å². The zero-order valence-corrected chi connectivity index (χ0v) is 11.2. The summed E-state index contributed by atoms with van der Waals surface area (Å²) in [5.74, 6) is 0.560. The highest BCUT2D eigenvalue weighted by Gasteiger charge is 2.16. The minimum atomic E-state index is -0.433. The number of nitrogens with zero attached hydrogens (tertiary/aromatic N) is 2. The number of nitrogens with two attached hydrogens (primary N) is 1. The van der Waals surface area contributed by atoms with Crippen LogP contribution in [0.2, 0.25) is 0 Å². The van der Waals surface area contributed by atoms with Crippen molar-refractivity contribution in [2.45, 2.75) is 27.3 Å². The van der Waals surface area contributed by atoms with Gasteiger partial charge in [-0.25, -0.2) is 0 Å². The summed E-state index contributed by atoms with van der Waals surface area (Å²) in [6, 6.07) is 4.98. The fourth-order valence-electron chi connectivity index (χ4n) is 1.96. The van der Waals surface area contributed by atoms with E-state index in [0.29, 0.717) is 12.5 Å². The Kier molecular flexibility index (Phi) is 5.09. The van der Waals surface area contributed by atoms with E-state index in [1.54, 1.807) is 6.07 Å². The van der Waals surface area contributed by atoms with Crippen LogP contribution in [0.4, 0.5) is 11.4 Å². The molecule has 5 nitrogen and oxygen atoms in total. The van der Waals surface area contributed by atoms with E-state index < -0.39 is 4.92 Å². The van der Waals surface area contributed by atoms with Crippen molar-refractivity contribution in [3.63, 3.8) is 0 Å². The summed E-state index contributed by atoms with van der Waals surface area (Å²) >= 11 is 0. The standard InChI is InChI=1S/C13H21N3O2/c1-4-15(8-10(2)3)9-11-6-5-7-12(13(11)14)16(17)18/h5-7,10H,4,8-9,14H2,1-3H3. The Bertz CT molecular complexity index is 419. The molecule has 0 aliphatic heterocycles. The highest BCUT2D eigenvalue weighted by atomic mass is 16.6. The highest BCUT2D eigenvalue weighted by molar-refractivity contribution is 5.62. The molecular weight excluding hydrogens is 230 g/mol. The molecule has 0 bridgehead atoms. The van der Waals surface area contributed by atoms with E-state index in [9.17, 15) is 10.1 Å². The Labute approximate surface area is 108 Å². The van der Waals surface area contributed by atoms with Crippen LogP contribution in [0.1, 0.15) is 26.3 Å². The molecule has 0 unspecified atom stereocenters. The van der Waals surface area contributed by atoms with Crippen molar-refractivity contribution < 1.29 is 4.92 Å². The number of anilines is 1. The molecular formula is C13H21N3O2. The van der Waals surface area contributed by atoms with Crippen LogP contribution >= 0.6 is 0 Å². The van der Waals surface area contributed by atoms with E-state index in [0.717, 1.165) is 18.7 Å². The van der Waals surface area contributed by atoms with Gasteiger partial charge in [0, 0.05) is 19.2 Å². The molecule has 0 fully saturated rings. The summed E-state index contributed by atoms with van der Waals surface area (Å²) in [5.41, 5.74) is 6.95.